The second kappa shape index (κ2) is 2.09. The van der Waals surface area contributed by atoms with Crippen LogP contribution in [0.1, 0.15) is 11.1 Å². The molecule has 2 rings (SSSR count). The summed E-state index contributed by atoms with van der Waals surface area (Å²) < 4.78 is 0. The highest BCUT2D eigenvalue weighted by atomic mass is 14.8. The summed E-state index contributed by atoms with van der Waals surface area (Å²) in [4.78, 5) is 7.46. The zero-order valence-corrected chi connectivity index (χ0v) is 6.68. The summed E-state index contributed by atoms with van der Waals surface area (Å²) in [5.41, 5.74) is 4.71. The minimum absolute atomic E-state index is 1.09. The Morgan fingerprint density at radius 1 is 1.27 bits per heavy atom. The number of aromatic nitrogens is 2. The zero-order valence-electron chi connectivity index (χ0n) is 6.68. The third-order valence-electron chi connectivity index (χ3n) is 1.97. The molecule has 56 valence electrons. The zero-order chi connectivity index (χ0) is 7.84. The first-order valence-electron chi connectivity index (χ1n) is 3.68. The molecule has 0 unspecified atom stereocenters. The van der Waals surface area contributed by atoms with Crippen LogP contribution in [0.15, 0.2) is 18.5 Å². The minimum atomic E-state index is 1.09. The van der Waals surface area contributed by atoms with Crippen LogP contribution >= 0.6 is 0 Å². The number of nitrogens with one attached hydrogen (secondary N) is 1. The second-order valence-electron chi connectivity index (χ2n) is 2.82. The molecule has 0 amide bonds. The molecule has 0 aliphatic heterocycles. The summed E-state index contributed by atoms with van der Waals surface area (Å²) in [6.45, 7) is 4.14. The van der Waals surface area contributed by atoms with Crippen molar-refractivity contribution in [3.63, 3.8) is 0 Å². The predicted octanol–water partition coefficient (Wildman–Crippen LogP) is 2.18. The van der Waals surface area contributed by atoms with E-state index in [9.17, 15) is 0 Å². The van der Waals surface area contributed by atoms with Gasteiger partial charge in [-0.1, -0.05) is 0 Å². The van der Waals surface area contributed by atoms with Crippen LogP contribution in [0, 0.1) is 13.8 Å². The number of rotatable bonds is 0. The van der Waals surface area contributed by atoms with Crippen molar-refractivity contribution in [1.82, 2.24) is 9.97 Å². The Bertz CT molecular complexity index is 387. The van der Waals surface area contributed by atoms with Gasteiger partial charge in [0.1, 0.15) is 0 Å². The highest BCUT2D eigenvalue weighted by molar-refractivity contribution is 5.81. The topological polar surface area (TPSA) is 28.7 Å². The molecule has 0 spiro atoms. The Labute approximate surface area is 65.3 Å². The monoisotopic (exact) mass is 146 g/mol. The maximum absolute atomic E-state index is 4.27. The molecule has 0 aliphatic carbocycles. The first-order chi connectivity index (χ1) is 5.29. The van der Waals surface area contributed by atoms with Crippen LogP contribution in [0.4, 0.5) is 0 Å². The van der Waals surface area contributed by atoms with E-state index >= 15 is 0 Å². The third-order valence-corrected chi connectivity index (χ3v) is 1.97. The molecule has 0 saturated heterocycles. The van der Waals surface area contributed by atoms with Gasteiger partial charge >= 0.3 is 0 Å². The normalized spacial score (nSPS) is 10.7. The van der Waals surface area contributed by atoms with E-state index in [4.69, 9.17) is 0 Å². The van der Waals surface area contributed by atoms with E-state index in [0.717, 1.165) is 11.0 Å². The van der Waals surface area contributed by atoms with Crippen LogP contribution in [-0.4, -0.2) is 9.97 Å². The largest absolute Gasteiger partial charge is 0.359 e. The van der Waals surface area contributed by atoms with Gasteiger partial charge in [0.05, 0.1) is 11.0 Å². The van der Waals surface area contributed by atoms with Crippen LogP contribution in [0.3, 0.4) is 0 Å². The summed E-state index contributed by atoms with van der Waals surface area (Å²) >= 11 is 0. The number of fused-ring (bicyclic) bond motifs is 1. The molecule has 0 fully saturated rings. The van der Waals surface area contributed by atoms with E-state index in [1.54, 1.807) is 0 Å². The molecule has 0 bridgehead atoms. The van der Waals surface area contributed by atoms with Crippen LogP contribution in [0.5, 0.6) is 0 Å². The lowest BCUT2D eigenvalue weighted by atomic mass is 10.2. The lowest BCUT2D eigenvalue weighted by Crippen LogP contribution is -1.79. The lowest BCUT2D eigenvalue weighted by molar-refractivity contribution is 1.35. The van der Waals surface area contributed by atoms with Crippen molar-refractivity contribution in [1.29, 1.82) is 0 Å². The van der Waals surface area contributed by atoms with Gasteiger partial charge < -0.3 is 4.98 Å². The van der Waals surface area contributed by atoms with Crippen LogP contribution in [-0.2, 0) is 0 Å². The van der Waals surface area contributed by atoms with Crippen molar-refractivity contribution in [2.24, 2.45) is 0 Å². The molecular weight excluding hydrogens is 136 g/mol. The molecule has 0 saturated carbocycles. The van der Waals surface area contributed by atoms with Gasteiger partial charge in [0.25, 0.3) is 0 Å². The summed E-state index contributed by atoms with van der Waals surface area (Å²) in [6, 6.07) is 2.01. The molecule has 0 aromatic carbocycles. The average Bonchev–Trinajstić information content (AvgIpc) is 2.35. The van der Waals surface area contributed by atoms with Crippen molar-refractivity contribution < 1.29 is 0 Å². The maximum atomic E-state index is 4.27. The van der Waals surface area contributed by atoms with Gasteiger partial charge in [-0.15, -0.1) is 0 Å². The van der Waals surface area contributed by atoms with Gasteiger partial charge in [-0.05, 0) is 31.0 Å². The summed E-state index contributed by atoms with van der Waals surface area (Å²) in [5, 5.41) is 0. The van der Waals surface area contributed by atoms with Crippen molar-refractivity contribution in [2.45, 2.75) is 13.8 Å². The number of pyridine rings is 1. The molecular formula is C9H10N2. The van der Waals surface area contributed by atoms with E-state index in [1.807, 2.05) is 18.5 Å². The fourth-order valence-electron chi connectivity index (χ4n) is 1.29. The molecule has 2 aromatic rings. The Morgan fingerprint density at radius 3 is 2.82 bits per heavy atom. The minimum Gasteiger partial charge on any atom is -0.359 e. The standard InChI is InChI=1S/C9H10N2/c1-6-3-4-10-9-7(2)5-11-8(6)9/h3-5,11H,1-2H3. The quantitative estimate of drug-likeness (QED) is 0.606. The van der Waals surface area contributed by atoms with Gasteiger partial charge in [0.15, 0.2) is 0 Å². The third kappa shape index (κ3) is 0.827. The number of aromatic amines is 1. The van der Waals surface area contributed by atoms with Crippen LogP contribution in [0.25, 0.3) is 11.0 Å². The summed E-state index contributed by atoms with van der Waals surface area (Å²) in [5.74, 6) is 0. The smallest absolute Gasteiger partial charge is 0.0910 e. The molecule has 2 aromatic heterocycles. The number of hydrogen-bond donors (Lipinski definition) is 1. The Hall–Kier alpha value is -1.31. The highest BCUT2D eigenvalue weighted by Crippen LogP contribution is 2.16. The van der Waals surface area contributed by atoms with Crippen molar-refractivity contribution in [3.8, 4) is 0 Å². The Morgan fingerprint density at radius 2 is 2.09 bits per heavy atom. The number of H-pyrrole nitrogens is 1. The first-order valence-corrected chi connectivity index (χ1v) is 3.68. The molecule has 0 radical (unpaired) electrons. The fourth-order valence-corrected chi connectivity index (χ4v) is 1.29. The molecule has 2 nitrogen and oxygen atoms in total. The van der Waals surface area contributed by atoms with Gasteiger partial charge in [0.2, 0.25) is 0 Å². The van der Waals surface area contributed by atoms with Crippen molar-refractivity contribution >= 4 is 11.0 Å². The van der Waals surface area contributed by atoms with E-state index in [0.29, 0.717) is 0 Å². The average molecular weight is 146 g/mol. The summed E-state index contributed by atoms with van der Waals surface area (Å²) in [7, 11) is 0. The molecule has 11 heavy (non-hydrogen) atoms. The SMILES string of the molecule is Cc1c[nH]c2c(C)ccnc12. The highest BCUT2D eigenvalue weighted by Gasteiger charge is 2.00. The molecule has 0 aliphatic rings. The van der Waals surface area contributed by atoms with Gasteiger partial charge in [-0.25, -0.2) is 0 Å². The van der Waals surface area contributed by atoms with Gasteiger partial charge in [0, 0.05) is 12.4 Å². The van der Waals surface area contributed by atoms with E-state index in [1.165, 1.54) is 11.1 Å². The van der Waals surface area contributed by atoms with Gasteiger partial charge in [-0.3, -0.25) is 4.98 Å². The molecule has 1 N–H and O–H groups in total. The van der Waals surface area contributed by atoms with Crippen molar-refractivity contribution in [2.75, 3.05) is 0 Å². The van der Waals surface area contributed by atoms with Crippen LogP contribution in [0.2, 0.25) is 0 Å². The number of aryl methyl sites for hydroxylation is 2. The Kier molecular flexibility index (Phi) is 1.22. The van der Waals surface area contributed by atoms with Gasteiger partial charge in [-0.2, -0.15) is 0 Å². The summed E-state index contributed by atoms with van der Waals surface area (Å²) in [6.07, 6.45) is 3.84. The molecule has 0 atom stereocenters. The maximum Gasteiger partial charge on any atom is 0.0910 e. The molecule has 2 heterocycles. The number of hydrogen-bond acceptors (Lipinski definition) is 1. The van der Waals surface area contributed by atoms with E-state index in [-0.39, 0.29) is 0 Å². The predicted molar refractivity (Wildman–Crippen MR) is 45.6 cm³/mol. The van der Waals surface area contributed by atoms with Crippen molar-refractivity contribution in [3.05, 3.63) is 29.6 Å². The first kappa shape index (κ1) is 6.40. The number of nitrogens with zero attached hydrogens (tertiary/aromatic N) is 1. The Balaban J connectivity index is 2.94. The molecule has 2 heteroatoms. The second-order valence-corrected chi connectivity index (χ2v) is 2.82. The lowest BCUT2D eigenvalue weighted by Gasteiger charge is -1.93. The van der Waals surface area contributed by atoms with Crippen LogP contribution < -0.4 is 0 Å². The van der Waals surface area contributed by atoms with E-state index in [2.05, 4.69) is 23.8 Å². The van der Waals surface area contributed by atoms with E-state index < -0.39 is 0 Å². The fraction of sp³-hybridized carbons (Fsp3) is 0.222.